The van der Waals surface area contributed by atoms with E-state index in [4.69, 9.17) is 10.2 Å². The Morgan fingerprint density at radius 1 is 1.14 bits per heavy atom. The summed E-state index contributed by atoms with van der Waals surface area (Å²) in [6.07, 6.45) is 0. The van der Waals surface area contributed by atoms with Gasteiger partial charge in [0.15, 0.2) is 5.16 Å². The summed E-state index contributed by atoms with van der Waals surface area (Å²) in [5.41, 5.74) is 3.28. The molecule has 1 aromatic heterocycles. The molecule has 0 aliphatic carbocycles. The highest BCUT2D eigenvalue weighted by Crippen LogP contribution is 2.29. The Balaban J connectivity index is 1.94. The lowest BCUT2D eigenvalue weighted by Crippen LogP contribution is -2.30. The lowest BCUT2D eigenvalue weighted by atomic mass is 10.2. The quantitative estimate of drug-likeness (QED) is 0.501. The van der Waals surface area contributed by atoms with Gasteiger partial charge in [-0.3, -0.25) is 0 Å². The number of fused-ring (bicyclic) bond motifs is 1. The Kier molecular flexibility index (Phi) is 6.63. The van der Waals surface area contributed by atoms with Gasteiger partial charge >= 0.3 is 0 Å². The zero-order chi connectivity index (χ0) is 21.0. The highest BCUT2D eigenvalue weighted by Gasteiger charge is 2.23. The minimum Gasteiger partial charge on any atom is -0.319 e. The van der Waals surface area contributed by atoms with Crippen LogP contribution in [0.2, 0.25) is 0 Å². The van der Waals surface area contributed by atoms with Crippen molar-refractivity contribution in [3.63, 3.8) is 0 Å². The van der Waals surface area contributed by atoms with Gasteiger partial charge in [0.1, 0.15) is 0 Å². The number of aryl methyl sites for hydroxylation is 1. The molecule has 2 aromatic carbocycles. The average Bonchev–Trinajstić information content (AvgIpc) is 3.09. The van der Waals surface area contributed by atoms with E-state index in [0.717, 1.165) is 22.8 Å². The fourth-order valence-electron chi connectivity index (χ4n) is 3.25. The Hall–Kier alpha value is -2.34. The summed E-state index contributed by atoms with van der Waals surface area (Å²) in [5, 5.41) is 9.90. The molecule has 29 heavy (non-hydrogen) atoms. The molecule has 0 atom stereocenters. The van der Waals surface area contributed by atoms with E-state index in [0.29, 0.717) is 29.9 Å². The van der Waals surface area contributed by atoms with Crippen LogP contribution in [0.15, 0.2) is 52.5 Å². The third-order valence-corrected chi connectivity index (χ3v) is 7.86. The van der Waals surface area contributed by atoms with Crippen molar-refractivity contribution < 1.29 is 8.42 Å². The molecule has 152 valence electrons. The second-order valence-corrected chi connectivity index (χ2v) is 9.36. The minimum absolute atomic E-state index is 0.271. The number of nitriles is 1. The van der Waals surface area contributed by atoms with E-state index in [1.165, 1.54) is 4.31 Å². The second-order valence-electron chi connectivity index (χ2n) is 6.48. The van der Waals surface area contributed by atoms with Crippen molar-refractivity contribution in [2.45, 2.75) is 43.1 Å². The van der Waals surface area contributed by atoms with Crippen molar-refractivity contribution in [2.75, 3.05) is 13.1 Å². The number of hydrogen-bond donors (Lipinski definition) is 0. The molecule has 0 unspecified atom stereocenters. The number of imidazole rings is 1. The van der Waals surface area contributed by atoms with Crippen molar-refractivity contribution >= 4 is 32.8 Å². The monoisotopic (exact) mass is 428 g/mol. The molecule has 1 heterocycles. The molecule has 8 heteroatoms. The smallest absolute Gasteiger partial charge is 0.243 e. The number of aromatic nitrogens is 2. The van der Waals surface area contributed by atoms with Gasteiger partial charge in [0.25, 0.3) is 0 Å². The number of hydrogen-bond acceptors (Lipinski definition) is 5. The zero-order valence-corrected chi connectivity index (χ0v) is 18.4. The van der Waals surface area contributed by atoms with Crippen LogP contribution in [0, 0.1) is 11.3 Å². The number of thioether (sulfide) groups is 1. The number of rotatable bonds is 8. The fraction of sp³-hybridized carbons (Fsp3) is 0.333. The van der Waals surface area contributed by atoms with Crippen molar-refractivity contribution in [1.29, 1.82) is 5.26 Å². The maximum atomic E-state index is 12.8. The first kappa shape index (κ1) is 21.4. The van der Waals surface area contributed by atoms with Gasteiger partial charge in [0, 0.05) is 25.4 Å². The Bertz CT molecular complexity index is 1160. The molecule has 3 aromatic rings. The van der Waals surface area contributed by atoms with E-state index in [2.05, 4.69) is 10.6 Å². The normalized spacial score (nSPS) is 11.8. The lowest BCUT2D eigenvalue weighted by molar-refractivity contribution is 0.445. The van der Waals surface area contributed by atoms with Crippen LogP contribution < -0.4 is 0 Å². The van der Waals surface area contributed by atoms with Crippen molar-refractivity contribution in [3.8, 4) is 6.07 Å². The van der Waals surface area contributed by atoms with Crippen LogP contribution >= 0.6 is 11.8 Å². The van der Waals surface area contributed by atoms with Gasteiger partial charge in [-0.05, 0) is 42.8 Å². The molecule has 0 amide bonds. The van der Waals surface area contributed by atoms with E-state index in [-0.39, 0.29) is 4.90 Å². The molecule has 0 saturated carbocycles. The molecule has 0 saturated heterocycles. The van der Waals surface area contributed by atoms with Crippen LogP contribution in [0.3, 0.4) is 0 Å². The molecule has 0 fully saturated rings. The number of sulfonamides is 1. The third-order valence-electron chi connectivity index (χ3n) is 4.77. The SMILES string of the molecule is CCN(CC)S(=O)(=O)c1ccc2c(c1)nc(SCc1cccc(C#N)c1)n2CC. The van der Waals surface area contributed by atoms with E-state index in [9.17, 15) is 8.42 Å². The van der Waals surface area contributed by atoms with E-state index in [1.807, 2.05) is 45.0 Å². The van der Waals surface area contributed by atoms with Crippen molar-refractivity contribution in [1.82, 2.24) is 13.9 Å². The molecule has 3 rings (SSSR count). The van der Waals surface area contributed by atoms with Crippen LogP contribution in [0.25, 0.3) is 11.0 Å². The summed E-state index contributed by atoms with van der Waals surface area (Å²) in [6, 6.07) is 14.8. The third kappa shape index (κ3) is 4.32. The maximum Gasteiger partial charge on any atom is 0.243 e. The van der Waals surface area contributed by atoms with Gasteiger partial charge in [-0.1, -0.05) is 37.7 Å². The summed E-state index contributed by atoms with van der Waals surface area (Å²) >= 11 is 1.58. The van der Waals surface area contributed by atoms with Gasteiger partial charge < -0.3 is 4.57 Å². The highest BCUT2D eigenvalue weighted by atomic mass is 32.2. The molecular formula is C21H24N4O2S2. The zero-order valence-electron chi connectivity index (χ0n) is 16.8. The standard InChI is InChI=1S/C21H24N4O2S2/c1-4-24(5-2)29(26,27)18-10-11-20-19(13-18)23-21(25(20)6-3)28-15-17-9-7-8-16(12-17)14-22/h7-13H,4-6,15H2,1-3H3. The molecular weight excluding hydrogens is 404 g/mol. The molecule has 0 bridgehead atoms. The van der Waals surface area contributed by atoms with E-state index in [1.54, 1.807) is 30.0 Å². The van der Waals surface area contributed by atoms with Crippen molar-refractivity contribution in [3.05, 3.63) is 53.6 Å². The summed E-state index contributed by atoms with van der Waals surface area (Å²) < 4.78 is 29.2. The largest absolute Gasteiger partial charge is 0.319 e. The molecule has 0 aliphatic rings. The first-order valence-electron chi connectivity index (χ1n) is 9.56. The molecule has 0 radical (unpaired) electrons. The van der Waals surface area contributed by atoms with E-state index >= 15 is 0 Å². The Morgan fingerprint density at radius 2 is 1.90 bits per heavy atom. The molecule has 0 spiro atoms. The summed E-state index contributed by atoms with van der Waals surface area (Å²) in [6.45, 7) is 7.32. The summed E-state index contributed by atoms with van der Waals surface area (Å²) in [5.74, 6) is 0.684. The van der Waals surface area contributed by atoms with Gasteiger partial charge in [0.2, 0.25) is 10.0 Å². The van der Waals surface area contributed by atoms with Gasteiger partial charge in [-0.2, -0.15) is 9.57 Å². The van der Waals surface area contributed by atoms with Gasteiger partial charge in [0.05, 0.1) is 27.6 Å². The van der Waals surface area contributed by atoms with Gasteiger partial charge in [-0.15, -0.1) is 0 Å². The van der Waals surface area contributed by atoms with Crippen LogP contribution in [0.4, 0.5) is 0 Å². The first-order chi connectivity index (χ1) is 13.9. The predicted molar refractivity (Wildman–Crippen MR) is 116 cm³/mol. The van der Waals surface area contributed by atoms with Crippen LogP contribution in [0.1, 0.15) is 31.9 Å². The highest BCUT2D eigenvalue weighted by molar-refractivity contribution is 7.98. The molecule has 0 N–H and O–H groups in total. The lowest BCUT2D eigenvalue weighted by Gasteiger charge is -2.18. The topological polar surface area (TPSA) is 79.0 Å². The average molecular weight is 429 g/mol. The number of nitrogens with zero attached hydrogens (tertiary/aromatic N) is 4. The predicted octanol–water partition coefficient (Wildman–Crippen LogP) is 4.25. The molecule has 6 nitrogen and oxygen atoms in total. The molecule has 0 aliphatic heterocycles. The van der Waals surface area contributed by atoms with Crippen LogP contribution in [-0.2, 0) is 22.3 Å². The van der Waals surface area contributed by atoms with Crippen LogP contribution in [-0.4, -0.2) is 35.4 Å². The van der Waals surface area contributed by atoms with Crippen molar-refractivity contribution in [2.24, 2.45) is 0 Å². The van der Waals surface area contributed by atoms with Gasteiger partial charge in [-0.25, -0.2) is 13.4 Å². The van der Waals surface area contributed by atoms with E-state index < -0.39 is 10.0 Å². The number of benzene rings is 2. The van der Waals surface area contributed by atoms with Crippen LogP contribution in [0.5, 0.6) is 0 Å². The fourth-order valence-corrected chi connectivity index (χ4v) is 5.75. The maximum absolute atomic E-state index is 12.8. The Morgan fingerprint density at radius 3 is 2.55 bits per heavy atom. The minimum atomic E-state index is -3.52. The second kappa shape index (κ2) is 8.99. The summed E-state index contributed by atoms with van der Waals surface area (Å²) in [7, 11) is -3.52. The Labute approximate surface area is 176 Å². The summed E-state index contributed by atoms with van der Waals surface area (Å²) in [4.78, 5) is 4.98. The first-order valence-corrected chi connectivity index (χ1v) is 12.0.